The van der Waals surface area contributed by atoms with Crippen molar-refractivity contribution in [3.05, 3.63) is 140 Å². The topological polar surface area (TPSA) is 38.1 Å². The van der Waals surface area contributed by atoms with Gasteiger partial charge in [0.15, 0.2) is 0 Å². The molecule has 1 aromatic heterocycles. The van der Waals surface area contributed by atoms with E-state index in [1.807, 2.05) is 61.7 Å². The van der Waals surface area contributed by atoms with Crippen molar-refractivity contribution in [3.8, 4) is 0 Å². The number of nitrogens with zero attached hydrogens (tertiary/aromatic N) is 3. The van der Waals surface area contributed by atoms with Crippen LogP contribution in [0.2, 0.25) is 0 Å². The van der Waals surface area contributed by atoms with E-state index in [0.717, 1.165) is 54.1 Å². The van der Waals surface area contributed by atoms with Gasteiger partial charge in [0.05, 0.1) is 17.3 Å². The van der Waals surface area contributed by atoms with Gasteiger partial charge in [0.2, 0.25) is 0 Å². The Bertz CT molecular complexity index is 1410. The lowest BCUT2D eigenvalue weighted by Gasteiger charge is -2.30. The molecule has 0 spiro atoms. The summed E-state index contributed by atoms with van der Waals surface area (Å²) in [6.45, 7) is 8.43. The number of aromatic nitrogens is 2. The van der Waals surface area contributed by atoms with E-state index in [0.29, 0.717) is 6.54 Å². The summed E-state index contributed by atoms with van der Waals surface area (Å²) in [5.74, 6) is 0.772. The smallest absolute Gasteiger partial charge is 0.259 e. The van der Waals surface area contributed by atoms with Crippen LogP contribution < -0.4 is 5.56 Å². The van der Waals surface area contributed by atoms with Crippen LogP contribution in [0, 0.1) is 6.92 Å². The van der Waals surface area contributed by atoms with Crippen LogP contribution >= 0.6 is 0 Å². The van der Waals surface area contributed by atoms with Crippen molar-refractivity contribution in [2.45, 2.75) is 46.2 Å². The van der Waals surface area contributed by atoms with Crippen molar-refractivity contribution >= 4 is 6.08 Å². The Labute approximate surface area is 219 Å². The van der Waals surface area contributed by atoms with Crippen molar-refractivity contribution in [1.82, 2.24) is 14.5 Å². The van der Waals surface area contributed by atoms with E-state index in [4.69, 9.17) is 4.98 Å². The lowest BCUT2D eigenvalue weighted by molar-refractivity contribution is 0.268. The standard InChI is InChI=1S/C31H29N3O.C2H6/c1-22-32-29-16-17-33(20-23-18-26-14-8-9-15-27(26)19-23)21-28(29)31(35)34(22)30(24-10-4-2-5-11-24)25-12-6-3-7-13-25;1-2/h2-15,18,30H,16-17,19-21H2,1H3;1-2H3. The summed E-state index contributed by atoms with van der Waals surface area (Å²) in [5, 5.41) is 0. The van der Waals surface area contributed by atoms with E-state index < -0.39 is 0 Å². The molecule has 188 valence electrons. The first-order valence-corrected chi connectivity index (χ1v) is 13.4. The number of rotatable bonds is 5. The highest BCUT2D eigenvalue weighted by molar-refractivity contribution is 5.63. The van der Waals surface area contributed by atoms with Crippen LogP contribution in [0.5, 0.6) is 0 Å². The van der Waals surface area contributed by atoms with Gasteiger partial charge in [-0.1, -0.05) is 110 Å². The van der Waals surface area contributed by atoms with E-state index in [1.54, 1.807) is 0 Å². The number of fused-ring (bicyclic) bond motifs is 2. The first-order chi connectivity index (χ1) is 18.2. The van der Waals surface area contributed by atoms with E-state index in [2.05, 4.69) is 59.5 Å². The number of benzene rings is 3. The molecule has 2 heterocycles. The van der Waals surface area contributed by atoms with Crippen molar-refractivity contribution in [3.63, 3.8) is 0 Å². The number of hydrogen-bond acceptors (Lipinski definition) is 3. The minimum atomic E-state index is -0.204. The Balaban J connectivity index is 0.00000137. The van der Waals surface area contributed by atoms with E-state index in [9.17, 15) is 4.79 Å². The number of aryl methyl sites for hydroxylation is 1. The third-order valence-electron chi connectivity index (χ3n) is 7.27. The average Bonchev–Trinajstić information content (AvgIpc) is 3.36. The number of hydrogen-bond donors (Lipinski definition) is 0. The molecule has 0 N–H and O–H groups in total. The average molecular weight is 490 g/mol. The van der Waals surface area contributed by atoms with Gasteiger partial charge in [0.1, 0.15) is 5.82 Å². The molecule has 0 bridgehead atoms. The maximum Gasteiger partial charge on any atom is 0.259 e. The fraction of sp³-hybridized carbons (Fsp3) is 0.273. The second-order valence-electron chi connectivity index (χ2n) is 9.62. The zero-order chi connectivity index (χ0) is 25.8. The van der Waals surface area contributed by atoms with Gasteiger partial charge in [-0.2, -0.15) is 0 Å². The molecule has 0 radical (unpaired) electrons. The van der Waals surface area contributed by atoms with Crippen LogP contribution in [-0.2, 0) is 19.4 Å². The molecule has 0 fully saturated rings. The van der Waals surface area contributed by atoms with Gasteiger partial charge >= 0.3 is 0 Å². The van der Waals surface area contributed by atoms with Gasteiger partial charge in [0, 0.05) is 26.1 Å². The van der Waals surface area contributed by atoms with Gasteiger partial charge in [-0.05, 0) is 35.6 Å². The zero-order valence-corrected chi connectivity index (χ0v) is 22.0. The predicted octanol–water partition coefficient (Wildman–Crippen LogP) is 6.21. The molecule has 6 rings (SSSR count). The zero-order valence-electron chi connectivity index (χ0n) is 22.0. The van der Waals surface area contributed by atoms with E-state index in [1.165, 1.54) is 16.7 Å². The molecular formula is C33H35N3O. The quantitative estimate of drug-likeness (QED) is 0.334. The van der Waals surface area contributed by atoms with Crippen LogP contribution in [0.1, 0.15) is 59.2 Å². The summed E-state index contributed by atoms with van der Waals surface area (Å²) in [7, 11) is 0. The molecule has 1 aliphatic carbocycles. The molecule has 4 nitrogen and oxygen atoms in total. The molecule has 1 aliphatic heterocycles. The molecule has 0 saturated heterocycles. The third-order valence-corrected chi connectivity index (χ3v) is 7.27. The van der Waals surface area contributed by atoms with Crippen LogP contribution in [0.25, 0.3) is 6.08 Å². The Morgan fingerprint density at radius 1 is 0.865 bits per heavy atom. The predicted molar refractivity (Wildman–Crippen MR) is 152 cm³/mol. The minimum Gasteiger partial charge on any atom is -0.294 e. The highest BCUT2D eigenvalue weighted by atomic mass is 16.1. The normalized spacial score (nSPS) is 14.4. The van der Waals surface area contributed by atoms with Crippen molar-refractivity contribution in [2.75, 3.05) is 13.1 Å². The molecule has 0 atom stereocenters. The molecule has 0 unspecified atom stereocenters. The monoisotopic (exact) mass is 489 g/mol. The van der Waals surface area contributed by atoms with Gasteiger partial charge in [-0.3, -0.25) is 14.3 Å². The summed E-state index contributed by atoms with van der Waals surface area (Å²) in [5.41, 5.74) is 8.21. The summed E-state index contributed by atoms with van der Waals surface area (Å²) in [6, 6.07) is 29.0. The maximum absolute atomic E-state index is 14.1. The summed E-state index contributed by atoms with van der Waals surface area (Å²) in [6.07, 6.45) is 4.13. The lowest BCUT2D eigenvalue weighted by atomic mass is 9.97. The van der Waals surface area contributed by atoms with Crippen LogP contribution in [0.3, 0.4) is 0 Å². The molecule has 4 heteroatoms. The molecular weight excluding hydrogens is 454 g/mol. The Morgan fingerprint density at radius 3 is 2.14 bits per heavy atom. The first kappa shape index (κ1) is 24.9. The van der Waals surface area contributed by atoms with Gasteiger partial charge < -0.3 is 0 Å². The van der Waals surface area contributed by atoms with Crippen molar-refractivity contribution < 1.29 is 0 Å². The van der Waals surface area contributed by atoms with Crippen LogP contribution in [0.4, 0.5) is 0 Å². The van der Waals surface area contributed by atoms with Crippen molar-refractivity contribution in [2.24, 2.45) is 0 Å². The van der Waals surface area contributed by atoms with Gasteiger partial charge in [-0.15, -0.1) is 0 Å². The van der Waals surface area contributed by atoms with Gasteiger partial charge in [0.25, 0.3) is 5.56 Å². The molecule has 4 aromatic rings. The largest absolute Gasteiger partial charge is 0.294 e. The Morgan fingerprint density at radius 2 is 1.49 bits per heavy atom. The fourth-order valence-corrected chi connectivity index (χ4v) is 5.61. The van der Waals surface area contributed by atoms with E-state index >= 15 is 0 Å². The Hall–Kier alpha value is -3.76. The minimum absolute atomic E-state index is 0.0820. The molecule has 3 aromatic carbocycles. The fourth-order valence-electron chi connectivity index (χ4n) is 5.61. The van der Waals surface area contributed by atoms with Crippen LogP contribution in [0.15, 0.2) is 95.3 Å². The Kier molecular flexibility index (Phi) is 7.47. The van der Waals surface area contributed by atoms with Crippen molar-refractivity contribution in [1.29, 1.82) is 0 Å². The second-order valence-corrected chi connectivity index (χ2v) is 9.62. The van der Waals surface area contributed by atoms with Gasteiger partial charge in [-0.25, -0.2) is 4.98 Å². The highest BCUT2D eigenvalue weighted by Crippen LogP contribution is 2.29. The highest BCUT2D eigenvalue weighted by Gasteiger charge is 2.27. The summed E-state index contributed by atoms with van der Waals surface area (Å²) in [4.78, 5) is 21.4. The van der Waals surface area contributed by atoms with E-state index in [-0.39, 0.29) is 11.6 Å². The molecule has 2 aliphatic rings. The second kappa shape index (κ2) is 11.1. The van der Waals surface area contributed by atoms with Crippen LogP contribution in [-0.4, -0.2) is 27.5 Å². The first-order valence-electron chi connectivity index (χ1n) is 13.4. The maximum atomic E-state index is 14.1. The summed E-state index contributed by atoms with van der Waals surface area (Å²) >= 11 is 0. The summed E-state index contributed by atoms with van der Waals surface area (Å²) < 4.78 is 1.90. The SMILES string of the molecule is CC.Cc1nc2c(c(=O)n1C(c1ccccc1)c1ccccc1)CN(CC1=Cc3ccccc3C1)CC2. The third kappa shape index (κ3) is 5.07. The lowest BCUT2D eigenvalue weighted by Crippen LogP contribution is -2.40. The molecule has 37 heavy (non-hydrogen) atoms. The molecule has 0 saturated carbocycles. The molecule has 0 amide bonds.